The molecule has 0 amide bonds. The van der Waals surface area contributed by atoms with Gasteiger partial charge in [-0.05, 0) is 88.5 Å². The van der Waals surface area contributed by atoms with Crippen LogP contribution < -0.4 is 0 Å². The Kier molecular flexibility index (Phi) is 13.4. The summed E-state index contributed by atoms with van der Waals surface area (Å²) in [5.41, 5.74) is 8.83. The van der Waals surface area contributed by atoms with E-state index in [0.717, 1.165) is 5.92 Å². The molecule has 0 saturated heterocycles. The third-order valence-electron chi connectivity index (χ3n) is 8.88. The SMILES string of the molecule is CC1=C(/C=C/C(C)=C/C=C/C(C)=C/C=C/C=C(C)/C=C/C=C(C)/C=C/C2C(C)CCCC2(C)C)C(C)(C)CCC1. The summed E-state index contributed by atoms with van der Waals surface area (Å²) in [7, 11) is 0. The van der Waals surface area contributed by atoms with Crippen molar-refractivity contribution >= 4 is 0 Å². The average Bonchev–Trinajstić information content (AvgIpc) is 2.85. The fourth-order valence-corrected chi connectivity index (χ4v) is 6.27. The lowest BCUT2D eigenvalue weighted by molar-refractivity contribution is 0.123. The fraction of sp³-hybridized carbons (Fsp3) is 0.500. The van der Waals surface area contributed by atoms with Crippen LogP contribution in [0.3, 0.4) is 0 Å². The molecule has 2 unspecified atom stereocenters. The van der Waals surface area contributed by atoms with Gasteiger partial charge in [-0.25, -0.2) is 0 Å². The number of hydrogen-bond donors (Lipinski definition) is 0. The molecule has 2 rings (SSSR count). The molecule has 2 atom stereocenters. The second-order valence-corrected chi connectivity index (χ2v) is 13.8. The molecular weight excluding hydrogens is 480 g/mol. The number of allylic oxidation sites excluding steroid dienone is 20. The lowest BCUT2D eigenvalue weighted by Crippen LogP contribution is -2.32. The number of hydrogen-bond acceptors (Lipinski definition) is 0. The van der Waals surface area contributed by atoms with E-state index in [0.29, 0.717) is 16.7 Å². The largest absolute Gasteiger partial charge is 0.0804 e. The van der Waals surface area contributed by atoms with Crippen molar-refractivity contribution in [3.05, 3.63) is 119 Å². The van der Waals surface area contributed by atoms with Crippen LogP contribution >= 0.6 is 0 Å². The summed E-state index contributed by atoms with van der Waals surface area (Å²) in [6.45, 7) is 23.0. The maximum atomic E-state index is 2.46. The molecule has 0 N–H and O–H groups in total. The minimum absolute atomic E-state index is 0.293. The second kappa shape index (κ2) is 16.0. The van der Waals surface area contributed by atoms with E-state index in [-0.39, 0.29) is 0 Å². The monoisotopic (exact) mass is 538 g/mol. The second-order valence-electron chi connectivity index (χ2n) is 13.8. The van der Waals surface area contributed by atoms with Crippen LogP contribution in [0.15, 0.2) is 119 Å². The predicted molar refractivity (Wildman–Crippen MR) is 181 cm³/mol. The van der Waals surface area contributed by atoms with Gasteiger partial charge in [-0.3, -0.25) is 0 Å². The summed E-state index contributed by atoms with van der Waals surface area (Å²) in [5, 5.41) is 0. The highest BCUT2D eigenvalue weighted by Gasteiger charge is 2.34. The standard InChI is InChI=1S/C40H58/c1-31(19-13-21-33(3)25-27-37-35(5)23-15-29-39(37,7)8)17-11-12-18-32(2)20-14-22-34(4)26-28-38-36(6)24-16-30-40(38,9)10/h11-14,17-22,25-28,35,37H,15-16,23-24,29-30H2,1-10H3/b12-11+,19-13+,20-14+,27-25+,28-26+,31-17+,32-18+,33-21+,34-22+. The minimum Gasteiger partial charge on any atom is -0.0804 e. The lowest BCUT2D eigenvalue weighted by Gasteiger charge is -2.41. The summed E-state index contributed by atoms with van der Waals surface area (Å²) in [5.74, 6) is 1.45. The molecule has 0 spiro atoms. The van der Waals surface area contributed by atoms with Gasteiger partial charge in [0.25, 0.3) is 0 Å². The molecule has 2 aliphatic carbocycles. The zero-order valence-electron chi connectivity index (χ0n) is 27.5. The van der Waals surface area contributed by atoms with Crippen LogP contribution in [0.4, 0.5) is 0 Å². The van der Waals surface area contributed by atoms with Gasteiger partial charge in [0.1, 0.15) is 0 Å². The molecule has 0 aliphatic heterocycles. The Hall–Kier alpha value is -2.60. The van der Waals surface area contributed by atoms with Crippen molar-refractivity contribution in [1.82, 2.24) is 0 Å². The number of rotatable bonds is 10. The van der Waals surface area contributed by atoms with Crippen LogP contribution in [0.5, 0.6) is 0 Å². The van der Waals surface area contributed by atoms with Gasteiger partial charge in [-0.15, -0.1) is 0 Å². The Morgan fingerprint density at radius 2 is 1.20 bits per heavy atom. The van der Waals surface area contributed by atoms with E-state index in [2.05, 4.69) is 154 Å². The van der Waals surface area contributed by atoms with Crippen molar-refractivity contribution in [2.75, 3.05) is 0 Å². The van der Waals surface area contributed by atoms with E-state index < -0.39 is 0 Å². The molecule has 1 saturated carbocycles. The van der Waals surface area contributed by atoms with Crippen molar-refractivity contribution in [2.45, 2.75) is 108 Å². The first-order valence-electron chi connectivity index (χ1n) is 15.6. The fourth-order valence-electron chi connectivity index (χ4n) is 6.27. The van der Waals surface area contributed by atoms with Gasteiger partial charge in [0, 0.05) is 0 Å². The maximum absolute atomic E-state index is 2.46. The Morgan fingerprint density at radius 1 is 0.675 bits per heavy atom. The first kappa shape index (κ1) is 33.6. The van der Waals surface area contributed by atoms with Crippen LogP contribution in [0.2, 0.25) is 0 Å². The summed E-state index contributed by atoms with van der Waals surface area (Å²) in [4.78, 5) is 0. The van der Waals surface area contributed by atoms with Crippen molar-refractivity contribution in [3.8, 4) is 0 Å². The third-order valence-corrected chi connectivity index (χ3v) is 8.88. The van der Waals surface area contributed by atoms with Gasteiger partial charge >= 0.3 is 0 Å². The normalized spacial score (nSPS) is 25.6. The maximum Gasteiger partial charge on any atom is -0.0104 e. The third kappa shape index (κ3) is 11.5. The van der Waals surface area contributed by atoms with Crippen LogP contribution in [0, 0.1) is 22.7 Å². The highest BCUT2D eigenvalue weighted by Crippen LogP contribution is 2.44. The van der Waals surface area contributed by atoms with Crippen molar-refractivity contribution < 1.29 is 0 Å². The zero-order valence-corrected chi connectivity index (χ0v) is 27.5. The zero-order chi connectivity index (χ0) is 29.8. The molecule has 2 aliphatic rings. The van der Waals surface area contributed by atoms with Gasteiger partial charge in [-0.2, -0.15) is 0 Å². The first-order valence-corrected chi connectivity index (χ1v) is 15.6. The topological polar surface area (TPSA) is 0 Å². The van der Waals surface area contributed by atoms with Gasteiger partial charge < -0.3 is 0 Å². The van der Waals surface area contributed by atoms with Gasteiger partial charge in [0.2, 0.25) is 0 Å². The van der Waals surface area contributed by atoms with E-state index in [9.17, 15) is 0 Å². The van der Waals surface area contributed by atoms with E-state index in [1.54, 1.807) is 5.57 Å². The molecular formula is C40H58. The average molecular weight is 539 g/mol. The van der Waals surface area contributed by atoms with Gasteiger partial charge in [-0.1, -0.05) is 160 Å². The molecule has 0 bridgehead atoms. The summed E-state index contributed by atoms with van der Waals surface area (Å²) < 4.78 is 0. The smallest absolute Gasteiger partial charge is 0.0104 e. The van der Waals surface area contributed by atoms with E-state index in [4.69, 9.17) is 0 Å². The Bertz CT molecular complexity index is 1140. The molecule has 40 heavy (non-hydrogen) atoms. The van der Waals surface area contributed by atoms with Gasteiger partial charge in [0.15, 0.2) is 0 Å². The van der Waals surface area contributed by atoms with Crippen LogP contribution in [-0.4, -0.2) is 0 Å². The van der Waals surface area contributed by atoms with Gasteiger partial charge in [0.05, 0.1) is 0 Å². The van der Waals surface area contributed by atoms with E-state index >= 15 is 0 Å². The molecule has 0 heteroatoms. The Morgan fingerprint density at radius 3 is 1.75 bits per heavy atom. The van der Waals surface area contributed by atoms with Crippen LogP contribution in [-0.2, 0) is 0 Å². The lowest BCUT2D eigenvalue weighted by atomic mass is 9.64. The summed E-state index contributed by atoms with van der Waals surface area (Å²) in [6.07, 6.45) is 38.9. The predicted octanol–water partition coefficient (Wildman–Crippen LogP) is 12.5. The van der Waals surface area contributed by atoms with Crippen molar-refractivity contribution in [3.63, 3.8) is 0 Å². The van der Waals surface area contributed by atoms with Crippen molar-refractivity contribution in [2.24, 2.45) is 22.7 Å². The summed E-state index contributed by atoms with van der Waals surface area (Å²) >= 11 is 0. The molecule has 218 valence electrons. The highest BCUT2D eigenvalue weighted by atomic mass is 14.4. The quantitative estimate of drug-likeness (QED) is 0.243. The minimum atomic E-state index is 0.293. The molecule has 0 aromatic rings. The first-order chi connectivity index (χ1) is 18.8. The van der Waals surface area contributed by atoms with E-state index in [1.165, 1.54) is 66.4 Å². The Labute approximate surface area is 248 Å². The summed E-state index contributed by atoms with van der Waals surface area (Å²) in [6, 6.07) is 0. The molecule has 0 nitrogen and oxygen atoms in total. The van der Waals surface area contributed by atoms with Crippen LogP contribution in [0.1, 0.15) is 108 Å². The van der Waals surface area contributed by atoms with E-state index in [1.807, 2.05) is 0 Å². The molecule has 0 aromatic carbocycles. The van der Waals surface area contributed by atoms with Crippen molar-refractivity contribution in [1.29, 1.82) is 0 Å². The van der Waals surface area contributed by atoms with Crippen LogP contribution in [0.25, 0.3) is 0 Å². The molecule has 0 heterocycles. The molecule has 0 aromatic heterocycles. The highest BCUT2D eigenvalue weighted by molar-refractivity contribution is 5.37. The molecule has 0 radical (unpaired) electrons. The Balaban J connectivity index is 1.87. The molecule has 1 fully saturated rings.